The first-order chi connectivity index (χ1) is 13.7. The fourth-order valence-corrected chi connectivity index (χ4v) is 4.20. The summed E-state index contributed by atoms with van der Waals surface area (Å²) in [4.78, 5) is 11.1. The summed E-state index contributed by atoms with van der Waals surface area (Å²) in [6, 6.07) is 13.1. The van der Waals surface area contributed by atoms with Crippen LogP contribution in [0.25, 0.3) is 11.0 Å². The van der Waals surface area contributed by atoms with Crippen LogP contribution in [0.1, 0.15) is 24.8 Å². The molecule has 0 aliphatic carbocycles. The van der Waals surface area contributed by atoms with Gasteiger partial charge in [0.15, 0.2) is 0 Å². The fourth-order valence-electron chi connectivity index (χ4n) is 2.92. The summed E-state index contributed by atoms with van der Waals surface area (Å²) in [5, 5.41) is -3.07. The molecule has 0 amide bonds. The number of hydrogen-bond donors (Lipinski definition) is 0. The van der Waals surface area contributed by atoms with E-state index in [0.717, 1.165) is 23.1 Å². The SMILES string of the molecule is Cc1cc(=O)oc2cc(OCCCCC(F)(F)S(=O)(=O)c3ccccc3)ccc12. The molecule has 3 rings (SSSR count). The fraction of sp³-hybridized carbons (Fsp3) is 0.286. The van der Waals surface area contributed by atoms with E-state index in [0.29, 0.717) is 11.3 Å². The van der Waals surface area contributed by atoms with Gasteiger partial charge in [0, 0.05) is 23.9 Å². The molecule has 0 aliphatic rings. The highest BCUT2D eigenvalue weighted by Gasteiger charge is 2.45. The van der Waals surface area contributed by atoms with Crippen LogP contribution in [0.3, 0.4) is 0 Å². The van der Waals surface area contributed by atoms with Crippen molar-refractivity contribution < 1.29 is 26.4 Å². The van der Waals surface area contributed by atoms with Crippen molar-refractivity contribution in [3.63, 3.8) is 0 Å². The second kappa shape index (κ2) is 8.32. The van der Waals surface area contributed by atoms with Gasteiger partial charge in [-0.15, -0.1) is 0 Å². The van der Waals surface area contributed by atoms with Crippen LogP contribution in [0, 0.1) is 6.92 Å². The molecule has 0 saturated heterocycles. The minimum atomic E-state index is -4.73. The van der Waals surface area contributed by atoms with Gasteiger partial charge in [0.25, 0.3) is 0 Å². The van der Waals surface area contributed by atoms with E-state index in [4.69, 9.17) is 9.15 Å². The molecular weight excluding hydrogens is 402 g/mol. The normalized spacial score (nSPS) is 12.2. The zero-order valence-corrected chi connectivity index (χ0v) is 16.5. The lowest BCUT2D eigenvalue weighted by molar-refractivity contribution is 0.0776. The molecule has 0 aliphatic heterocycles. The molecule has 0 saturated carbocycles. The van der Waals surface area contributed by atoms with E-state index in [2.05, 4.69) is 0 Å². The quantitative estimate of drug-likeness (QED) is 0.388. The number of aryl methyl sites for hydroxylation is 1. The third kappa shape index (κ3) is 4.64. The van der Waals surface area contributed by atoms with Gasteiger partial charge < -0.3 is 9.15 Å². The first kappa shape index (κ1) is 21.0. The van der Waals surface area contributed by atoms with Crippen LogP contribution in [-0.4, -0.2) is 20.3 Å². The first-order valence-corrected chi connectivity index (χ1v) is 10.5. The molecule has 0 unspecified atom stereocenters. The monoisotopic (exact) mass is 422 g/mol. The summed E-state index contributed by atoms with van der Waals surface area (Å²) in [5.41, 5.74) is 0.701. The number of ether oxygens (including phenoxy) is 1. The predicted molar refractivity (Wildman–Crippen MR) is 105 cm³/mol. The maximum absolute atomic E-state index is 14.2. The summed E-state index contributed by atoms with van der Waals surface area (Å²) < 4.78 is 63.3. The smallest absolute Gasteiger partial charge is 0.350 e. The third-order valence-electron chi connectivity index (χ3n) is 4.50. The van der Waals surface area contributed by atoms with Gasteiger partial charge in [0.05, 0.1) is 11.5 Å². The van der Waals surface area contributed by atoms with Gasteiger partial charge >= 0.3 is 10.9 Å². The Morgan fingerprint density at radius 1 is 1.03 bits per heavy atom. The van der Waals surface area contributed by atoms with E-state index in [9.17, 15) is 22.0 Å². The lowest BCUT2D eigenvalue weighted by Gasteiger charge is -2.17. The Balaban J connectivity index is 1.55. The van der Waals surface area contributed by atoms with E-state index in [1.165, 1.54) is 18.2 Å². The minimum Gasteiger partial charge on any atom is -0.493 e. The molecule has 0 N–H and O–H groups in total. The van der Waals surface area contributed by atoms with Crippen molar-refractivity contribution in [3.8, 4) is 5.75 Å². The van der Waals surface area contributed by atoms with Gasteiger partial charge in [0.1, 0.15) is 11.3 Å². The summed E-state index contributed by atoms with van der Waals surface area (Å²) in [7, 11) is -4.73. The van der Waals surface area contributed by atoms with Crippen LogP contribution >= 0.6 is 0 Å². The Kier molecular flexibility index (Phi) is 6.02. The average molecular weight is 422 g/mol. The molecular formula is C21H20F2O5S. The Labute approximate surface area is 166 Å². The summed E-state index contributed by atoms with van der Waals surface area (Å²) in [5.74, 6) is 0.440. The molecule has 29 heavy (non-hydrogen) atoms. The zero-order chi connectivity index (χ0) is 21.1. The molecule has 1 heterocycles. The number of sulfone groups is 1. The number of benzene rings is 2. The molecule has 0 bridgehead atoms. The number of halogens is 2. The molecule has 1 aromatic heterocycles. The number of rotatable bonds is 8. The molecule has 0 radical (unpaired) electrons. The number of fused-ring (bicyclic) bond motifs is 1. The van der Waals surface area contributed by atoms with E-state index >= 15 is 0 Å². The molecule has 8 heteroatoms. The van der Waals surface area contributed by atoms with Crippen molar-refractivity contribution in [3.05, 3.63) is 70.6 Å². The highest BCUT2D eigenvalue weighted by molar-refractivity contribution is 7.92. The van der Waals surface area contributed by atoms with Crippen molar-refractivity contribution in [1.82, 2.24) is 0 Å². The Morgan fingerprint density at radius 3 is 2.48 bits per heavy atom. The van der Waals surface area contributed by atoms with Crippen LogP contribution in [0.2, 0.25) is 0 Å². The lowest BCUT2D eigenvalue weighted by Crippen LogP contribution is -2.29. The maximum atomic E-state index is 14.2. The van der Waals surface area contributed by atoms with Crippen molar-refractivity contribution in [2.75, 3.05) is 6.61 Å². The Hall–Kier alpha value is -2.74. The Morgan fingerprint density at radius 2 is 1.76 bits per heavy atom. The highest BCUT2D eigenvalue weighted by Crippen LogP contribution is 2.33. The largest absolute Gasteiger partial charge is 0.493 e. The standard InChI is InChI=1S/C21H20F2O5S/c1-15-13-20(24)28-19-14-16(9-10-18(15)19)27-12-6-5-11-21(22,23)29(25,26)17-7-3-2-4-8-17/h2-4,7-10,13-14H,5-6,11-12H2,1H3. The van der Waals surface area contributed by atoms with Crippen molar-refractivity contribution >= 4 is 20.8 Å². The molecule has 2 aromatic carbocycles. The van der Waals surface area contributed by atoms with E-state index < -0.39 is 32.0 Å². The molecule has 0 fully saturated rings. The molecule has 3 aromatic rings. The molecule has 154 valence electrons. The highest BCUT2D eigenvalue weighted by atomic mass is 32.2. The van der Waals surface area contributed by atoms with Gasteiger partial charge in [-0.3, -0.25) is 0 Å². The van der Waals surface area contributed by atoms with Crippen LogP contribution in [0.4, 0.5) is 8.78 Å². The molecule has 5 nitrogen and oxygen atoms in total. The van der Waals surface area contributed by atoms with E-state index in [1.807, 2.05) is 0 Å². The van der Waals surface area contributed by atoms with Crippen LogP contribution < -0.4 is 10.4 Å². The van der Waals surface area contributed by atoms with Gasteiger partial charge in [-0.2, -0.15) is 8.78 Å². The van der Waals surface area contributed by atoms with Crippen molar-refractivity contribution in [2.24, 2.45) is 0 Å². The zero-order valence-electron chi connectivity index (χ0n) is 15.7. The first-order valence-electron chi connectivity index (χ1n) is 9.05. The summed E-state index contributed by atoms with van der Waals surface area (Å²) in [6.45, 7) is 1.92. The Bertz CT molecular complexity index is 1150. The number of hydrogen-bond acceptors (Lipinski definition) is 5. The summed E-state index contributed by atoms with van der Waals surface area (Å²) in [6.07, 6.45) is -0.573. The van der Waals surface area contributed by atoms with E-state index in [-0.39, 0.29) is 19.4 Å². The van der Waals surface area contributed by atoms with Gasteiger partial charge in [0.2, 0.25) is 9.84 Å². The topological polar surface area (TPSA) is 73.6 Å². The molecule has 0 spiro atoms. The molecule has 0 atom stereocenters. The number of unbranched alkanes of at least 4 members (excludes halogenated alkanes) is 1. The average Bonchev–Trinajstić information content (AvgIpc) is 2.67. The van der Waals surface area contributed by atoms with Gasteiger partial charge in [-0.25, -0.2) is 13.2 Å². The third-order valence-corrected chi connectivity index (χ3v) is 6.38. The van der Waals surface area contributed by atoms with Gasteiger partial charge in [-0.1, -0.05) is 18.2 Å². The van der Waals surface area contributed by atoms with Crippen LogP contribution in [0.15, 0.2) is 68.7 Å². The number of alkyl halides is 2. The predicted octanol–water partition coefficient (Wildman–Crippen LogP) is 4.72. The maximum Gasteiger partial charge on any atom is 0.350 e. The summed E-state index contributed by atoms with van der Waals surface area (Å²) >= 11 is 0. The second-order valence-corrected chi connectivity index (χ2v) is 8.74. The minimum absolute atomic E-state index is 0.0269. The van der Waals surface area contributed by atoms with E-state index in [1.54, 1.807) is 31.2 Å². The van der Waals surface area contributed by atoms with Gasteiger partial charge in [-0.05, 0) is 49.6 Å². The second-order valence-electron chi connectivity index (χ2n) is 6.67. The van der Waals surface area contributed by atoms with Crippen molar-refractivity contribution in [1.29, 1.82) is 0 Å². The van der Waals surface area contributed by atoms with Crippen LogP contribution in [-0.2, 0) is 9.84 Å². The lowest BCUT2D eigenvalue weighted by atomic mass is 10.1. The van der Waals surface area contributed by atoms with Crippen molar-refractivity contribution in [2.45, 2.75) is 36.3 Å². The van der Waals surface area contributed by atoms with Crippen LogP contribution in [0.5, 0.6) is 5.75 Å².